The number of benzene rings is 6. The van der Waals surface area contributed by atoms with Crippen LogP contribution in [0, 0.1) is 0 Å². The summed E-state index contributed by atoms with van der Waals surface area (Å²) in [6.45, 7) is 4.72. The first-order valence-electron chi connectivity index (χ1n) is 16.3. The molecule has 6 aromatic carbocycles. The minimum absolute atomic E-state index is 0.220. The average molecular weight is 634 g/mol. The lowest BCUT2D eigenvalue weighted by Gasteiger charge is -2.36. The fraction of sp³-hybridized carbons (Fsp3) is 0.0698. The Morgan fingerprint density at radius 2 is 1.27 bits per heavy atom. The van der Waals surface area contributed by atoms with Gasteiger partial charge in [0.15, 0.2) is 5.82 Å². The summed E-state index contributed by atoms with van der Waals surface area (Å²) in [6.07, 6.45) is 0. The van der Waals surface area contributed by atoms with Gasteiger partial charge in [-0.1, -0.05) is 117 Å². The molecule has 0 atom stereocenters. The molecular formula is C43H27N3OS. The maximum absolute atomic E-state index is 6.48. The lowest BCUT2D eigenvalue weighted by molar-refractivity contribution is 0.630. The molecule has 0 bridgehead atoms. The van der Waals surface area contributed by atoms with Crippen LogP contribution in [0.1, 0.15) is 25.0 Å². The molecule has 0 spiro atoms. The summed E-state index contributed by atoms with van der Waals surface area (Å²) < 4.78 is 11.7. The smallest absolute Gasteiger partial charge is 0.164 e. The van der Waals surface area contributed by atoms with E-state index in [9.17, 15) is 0 Å². The third kappa shape index (κ3) is 3.29. The van der Waals surface area contributed by atoms with E-state index in [2.05, 4.69) is 134 Å². The highest BCUT2D eigenvalue weighted by atomic mass is 32.1. The minimum Gasteiger partial charge on any atom is -0.455 e. The van der Waals surface area contributed by atoms with Crippen LogP contribution < -0.4 is 0 Å². The van der Waals surface area contributed by atoms with Crippen LogP contribution >= 0.6 is 11.3 Å². The topological polar surface area (TPSA) is 43.9 Å². The molecule has 0 radical (unpaired) electrons. The van der Waals surface area contributed by atoms with Crippen LogP contribution in [-0.4, -0.2) is 14.5 Å². The van der Waals surface area contributed by atoms with Crippen LogP contribution in [0.5, 0.6) is 0 Å². The highest BCUT2D eigenvalue weighted by Gasteiger charge is 2.37. The molecule has 0 N–H and O–H groups in total. The van der Waals surface area contributed by atoms with Gasteiger partial charge in [0.25, 0.3) is 0 Å². The van der Waals surface area contributed by atoms with Crippen molar-refractivity contribution in [1.29, 1.82) is 0 Å². The number of rotatable bonds is 2. The fourth-order valence-corrected chi connectivity index (χ4v) is 9.41. The lowest BCUT2D eigenvalue weighted by Crippen LogP contribution is -2.26. The van der Waals surface area contributed by atoms with Crippen molar-refractivity contribution in [2.24, 2.45) is 0 Å². The van der Waals surface area contributed by atoms with Crippen molar-refractivity contribution in [2.75, 3.05) is 0 Å². The van der Waals surface area contributed by atoms with Gasteiger partial charge in [0, 0.05) is 42.6 Å². The van der Waals surface area contributed by atoms with Gasteiger partial charge in [0.1, 0.15) is 11.2 Å². The number of nitrogens with zero attached hydrogens (tertiary/aromatic N) is 3. The second-order valence-electron chi connectivity index (χ2n) is 13.3. The zero-order valence-electron chi connectivity index (χ0n) is 26.3. The van der Waals surface area contributed by atoms with E-state index in [1.54, 1.807) is 0 Å². The van der Waals surface area contributed by atoms with E-state index in [4.69, 9.17) is 14.4 Å². The summed E-state index contributed by atoms with van der Waals surface area (Å²) in [7, 11) is 0. The molecule has 11 rings (SSSR count). The Hall–Kier alpha value is -5.78. The predicted octanol–water partition coefficient (Wildman–Crippen LogP) is 11.8. The first-order chi connectivity index (χ1) is 23.6. The molecule has 0 aliphatic carbocycles. The van der Waals surface area contributed by atoms with Gasteiger partial charge in [-0.15, -0.1) is 11.3 Å². The van der Waals surface area contributed by atoms with Crippen molar-refractivity contribution in [2.45, 2.75) is 19.3 Å². The van der Waals surface area contributed by atoms with Crippen LogP contribution in [0.3, 0.4) is 0 Å². The predicted molar refractivity (Wildman–Crippen MR) is 200 cm³/mol. The van der Waals surface area contributed by atoms with Gasteiger partial charge in [0.05, 0.1) is 38.2 Å². The molecule has 226 valence electrons. The highest BCUT2D eigenvalue weighted by Crippen LogP contribution is 2.53. The van der Waals surface area contributed by atoms with Crippen LogP contribution in [0.2, 0.25) is 0 Å². The van der Waals surface area contributed by atoms with Gasteiger partial charge in [-0.05, 0) is 35.4 Å². The van der Waals surface area contributed by atoms with Gasteiger partial charge in [0.2, 0.25) is 0 Å². The van der Waals surface area contributed by atoms with E-state index >= 15 is 0 Å². The van der Waals surface area contributed by atoms with Crippen LogP contribution in [-0.2, 0) is 5.41 Å². The van der Waals surface area contributed by atoms with Crippen molar-refractivity contribution in [1.82, 2.24) is 14.5 Å². The Morgan fingerprint density at radius 3 is 2.19 bits per heavy atom. The van der Waals surface area contributed by atoms with E-state index in [0.717, 1.165) is 49.7 Å². The molecule has 10 aromatic rings. The molecule has 0 unspecified atom stereocenters. The van der Waals surface area contributed by atoms with Gasteiger partial charge < -0.3 is 8.98 Å². The standard InChI is InChI=1S/C43H27N3OS/c1-43(2)31-19-10-16-28(37(31)46-38-29(17-11-20-32(38)43)41-39(46)27-14-5-8-23-35(27)48-41)36-26-13-3-6-21-33(26)44-42(45-36)30-18-9-15-25-24-12-4-7-22-34(24)47-40(25)30/h3-23H,1-2H3. The molecule has 1 aliphatic rings. The minimum atomic E-state index is -0.220. The molecule has 0 saturated heterocycles. The lowest BCUT2D eigenvalue weighted by atomic mass is 9.73. The first kappa shape index (κ1) is 26.3. The van der Waals surface area contributed by atoms with Crippen molar-refractivity contribution in [3.8, 4) is 28.3 Å². The average Bonchev–Trinajstić information content (AvgIpc) is 3.79. The zero-order valence-corrected chi connectivity index (χ0v) is 27.1. The van der Waals surface area contributed by atoms with Crippen molar-refractivity contribution in [3.63, 3.8) is 0 Å². The second-order valence-corrected chi connectivity index (χ2v) is 14.4. The molecular weight excluding hydrogens is 607 g/mol. The third-order valence-corrected chi connectivity index (χ3v) is 11.6. The first-order valence-corrected chi connectivity index (χ1v) is 17.2. The van der Waals surface area contributed by atoms with Crippen molar-refractivity contribution >= 4 is 75.4 Å². The number of para-hydroxylation sites is 5. The molecule has 0 saturated carbocycles. The van der Waals surface area contributed by atoms with Crippen molar-refractivity contribution in [3.05, 3.63) is 139 Å². The Morgan fingerprint density at radius 1 is 0.583 bits per heavy atom. The van der Waals surface area contributed by atoms with Gasteiger partial charge in [-0.25, -0.2) is 9.97 Å². The normalized spacial score (nSPS) is 13.8. The van der Waals surface area contributed by atoms with E-state index in [0.29, 0.717) is 5.82 Å². The summed E-state index contributed by atoms with van der Waals surface area (Å²) in [6, 6.07) is 45.3. The number of aromatic nitrogens is 3. The molecule has 48 heavy (non-hydrogen) atoms. The number of hydrogen-bond acceptors (Lipinski definition) is 4. The maximum atomic E-state index is 6.48. The molecule has 0 fully saturated rings. The highest BCUT2D eigenvalue weighted by molar-refractivity contribution is 7.26. The largest absolute Gasteiger partial charge is 0.455 e. The monoisotopic (exact) mass is 633 g/mol. The van der Waals surface area contributed by atoms with Crippen LogP contribution in [0.25, 0.3) is 92.4 Å². The molecule has 5 heterocycles. The van der Waals surface area contributed by atoms with E-state index in [1.807, 2.05) is 23.5 Å². The maximum Gasteiger partial charge on any atom is 0.164 e. The van der Waals surface area contributed by atoms with E-state index < -0.39 is 0 Å². The van der Waals surface area contributed by atoms with E-state index in [-0.39, 0.29) is 5.41 Å². The summed E-state index contributed by atoms with van der Waals surface area (Å²) >= 11 is 1.89. The molecule has 4 nitrogen and oxygen atoms in total. The molecule has 0 amide bonds. The number of thiophene rings is 1. The van der Waals surface area contributed by atoms with Gasteiger partial charge >= 0.3 is 0 Å². The zero-order chi connectivity index (χ0) is 31.7. The summed E-state index contributed by atoms with van der Waals surface area (Å²) in [5, 5.41) is 5.78. The van der Waals surface area contributed by atoms with E-state index in [1.165, 1.54) is 48.0 Å². The third-order valence-electron chi connectivity index (χ3n) is 10.4. The SMILES string of the molecule is CC1(C)c2cccc(-c3nc(-c4cccc5c4oc4ccccc45)nc4ccccc34)c2-n2c3c1cccc3c1sc3ccccc3c12. The van der Waals surface area contributed by atoms with Gasteiger partial charge in [-0.2, -0.15) is 0 Å². The summed E-state index contributed by atoms with van der Waals surface area (Å²) in [5.41, 5.74) is 11.7. The quantitative estimate of drug-likeness (QED) is 0.190. The Bertz CT molecular complexity index is 2990. The van der Waals surface area contributed by atoms with Crippen LogP contribution in [0.4, 0.5) is 0 Å². The molecule has 5 heteroatoms. The number of furan rings is 1. The fourth-order valence-electron chi connectivity index (χ4n) is 8.19. The number of hydrogen-bond donors (Lipinski definition) is 0. The second kappa shape index (κ2) is 9.18. The Balaban J connectivity index is 1.28. The Kier molecular flexibility index (Phi) is 5.03. The molecule has 1 aliphatic heterocycles. The summed E-state index contributed by atoms with van der Waals surface area (Å²) in [4.78, 5) is 10.6. The number of fused-ring (bicyclic) bond motifs is 11. The van der Waals surface area contributed by atoms with Crippen molar-refractivity contribution < 1.29 is 4.42 Å². The van der Waals surface area contributed by atoms with Crippen LogP contribution in [0.15, 0.2) is 132 Å². The Labute approximate surface area is 279 Å². The van der Waals surface area contributed by atoms with Gasteiger partial charge in [-0.3, -0.25) is 0 Å². The molecule has 4 aromatic heterocycles. The summed E-state index contributed by atoms with van der Waals surface area (Å²) in [5.74, 6) is 0.658.